The molecule has 1 aromatic rings. The number of rotatable bonds is 10. The van der Waals surface area contributed by atoms with Crippen LogP contribution in [0.2, 0.25) is 0 Å². The average molecular weight is 342 g/mol. The summed E-state index contributed by atoms with van der Waals surface area (Å²) >= 11 is 3.49. The zero-order valence-corrected chi connectivity index (χ0v) is 14.6. The molecule has 0 bridgehead atoms. The quantitative estimate of drug-likeness (QED) is 0.641. The van der Waals surface area contributed by atoms with Crippen LogP contribution in [0.1, 0.15) is 32.8 Å². The van der Waals surface area contributed by atoms with Gasteiger partial charge in [-0.05, 0) is 62.4 Å². The number of ether oxygens (including phenoxy) is 1. The van der Waals surface area contributed by atoms with Crippen LogP contribution in [0, 0.1) is 11.8 Å². The van der Waals surface area contributed by atoms with Crippen LogP contribution in [0.3, 0.4) is 0 Å². The Bertz CT molecular complexity index is 351. The van der Waals surface area contributed by atoms with Gasteiger partial charge in [-0.1, -0.05) is 41.9 Å². The van der Waals surface area contributed by atoms with Crippen molar-refractivity contribution in [1.29, 1.82) is 0 Å². The summed E-state index contributed by atoms with van der Waals surface area (Å²) in [5, 5.41) is 3.58. The highest BCUT2D eigenvalue weighted by Crippen LogP contribution is 2.16. The van der Waals surface area contributed by atoms with E-state index in [1.807, 2.05) is 0 Å². The van der Waals surface area contributed by atoms with Crippen LogP contribution in [0.4, 0.5) is 0 Å². The maximum Gasteiger partial charge on any atom is 0.0469 e. The van der Waals surface area contributed by atoms with Crippen LogP contribution >= 0.6 is 15.9 Å². The fraction of sp³-hybridized carbons (Fsp3) is 0.647. The summed E-state index contributed by atoms with van der Waals surface area (Å²) in [5.74, 6) is 1.34. The van der Waals surface area contributed by atoms with E-state index in [0.29, 0.717) is 11.8 Å². The standard InChI is InChI=1S/C17H28BrNO/c1-4-20-10-9-16(13-19-12-14(2)3)11-15-5-7-17(18)8-6-15/h5-8,14,16,19H,4,9-13H2,1-3H3. The van der Waals surface area contributed by atoms with E-state index in [-0.39, 0.29) is 0 Å². The monoisotopic (exact) mass is 341 g/mol. The summed E-state index contributed by atoms with van der Waals surface area (Å²) in [7, 11) is 0. The molecule has 0 aliphatic rings. The molecule has 0 aliphatic heterocycles. The van der Waals surface area contributed by atoms with Gasteiger partial charge < -0.3 is 10.1 Å². The van der Waals surface area contributed by atoms with Gasteiger partial charge in [0.2, 0.25) is 0 Å². The van der Waals surface area contributed by atoms with Gasteiger partial charge >= 0.3 is 0 Å². The zero-order chi connectivity index (χ0) is 14.8. The van der Waals surface area contributed by atoms with Crippen molar-refractivity contribution in [2.45, 2.75) is 33.6 Å². The number of benzene rings is 1. The molecule has 3 heteroatoms. The van der Waals surface area contributed by atoms with Crippen molar-refractivity contribution in [2.75, 3.05) is 26.3 Å². The Kier molecular flexibility index (Phi) is 9.16. The Morgan fingerprint density at radius 1 is 1.15 bits per heavy atom. The van der Waals surface area contributed by atoms with E-state index in [0.717, 1.165) is 43.6 Å². The van der Waals surface area contributed by atoms with Gasteiger partial charge in [-0.2, -0.15) is 0 Å². The van der Waals surface area contributed by atoms with Gasteiger partial charge in [0.15, 0.2) is 0 Å². The summed E-state index contributed by atoms with van der Waals surface area (Å²) in [5.41, 5.74) is 1.40. The van der Waals surface area contributed by atoms with Gasteiger partial charge in [-0.25, -0.2) is 0 Å². The second-order valence-corrected chi connectivity index (χ2v) is 6.65. The smallest absolute Gasteiger partial charge is 0.0469 e. The van der Waals surface area contributed by atoms with Crippen molar-refractivity contribution >= 4 is 15.9 Å². The largest absolute Gasteiger partial charge is 0.382 e. The van der Waals surface area contributed by atoms with Crippen LogP contribution in [0.5, 0.6) is 0 Å². The van der Waals surface area contributed by atoms with E-state index in [1.165, 1.54) is 5.56 Å². The highest BCUT2D eigenvalue weighted by molar-refractivity contribution is 9.10. The second-order valence-electron chi connectivity index (χ2n) is 5.73. The lowest BCUT2D eigenvalue weighted by Crippen LogP contribution is -2.28. The lowest BCUT2D eigenvalue weighted by molar-refractivity contribution is 0.131. The summed E-state index contributed by atoms with van der Waals surface area (Å²) in [4.78, 5) is 0. The molecule has 1 aromatic carbocycles. The minimum Gasteiger partial charge on any atom is -0.382 e. The van der Waals surface area contributed by atoms with Crippen molar-refractivity contribution in [3.63, 3.8) is 0 Å². The minimum absolute atomic E-state index is 0.640. The Morgan fingerprint density at radius 2 is 1.85 bits per heavy atom. The third-order valence-electron chi connectivity index (χ3n) is 3.30. The maximum absolute atomic E-state index is 5.51. The first-order valence-corrected chi connectivity index (χ1v) is 8.44. The topological polar surface area (TPSA) is 21.3 Å². The number of nitrogens with one attached hydrogen (secondary N) is 1. The van der Waals surface area contributed by atoms with Crippen molar-refractivity contribution in [3.8, 4) is 0 Å². The van der Waals surface area contributed by atoms with Crippen molar-refractivity contribution in [3.05, 3.63) is 34.3 Å². The molecule has 1 rings (SSSR count). The van der Waals surface area contributed by atoms with Crippen molar-refractivity contribution in [1.82, 2.24) is 5.32 Å². The van der Waals surface area contributed by atoms with E-state index in [4.69, 9.17) is 4.74 Å². The molecule has 20 heavy (non-hydrogen) atoms. The van der Waals surface area contributed by atoms with Crippen LogP contribution < -0.4 is 5.32 Å². The molecule has 0 amide bonds. The molecule has 0 aromatic heterocycles. The van der Waals surface area contributed by atoms with Crippen molar-refractivity contribution < 1.29 is 4.74 Å². The molecule has 0 saturated heterocycles. The van der Waals surface area contributed by atoms with Gasteiger partial charge in [-0.15, -0.1) is 0 Å². The Hall–Kier alpha value is -0.380. The molecule has 1 atom stereocenters. The predicted molar refractivity (Wildman–Crippen MR) is 90.2 cm³/mol. The minimum atomic E-state index is 0.640. The summed E-state index contributed by atoms with van der Waals surface area (Å²) in [6.45, 7) is 10.4. The van der Waals surface area contributed by atoms with Crippen LogP contribution in [0.15, 0.2) is 28.7 Å². The Morgan fingerprint density at radius 3 is 2.45 bits per heavy atom. The van der Waals surface area contributed by atoms with Crippen molar-refractivity contribution in [2.24, 2.45) is 11.8 Å². The average Bonchev–Trinajstić information content (AvgIpc) is 2.41. The number of hydrogen-bond donors (Lipinski definition) is 1. The lowest BCUT2D eigenvalue weighted by Gasteiger charge is -2.18. The molecule has 0 heterocycles. The van der Waals surface area contributed by atoms with Gasteiger partial charge in [0.25, 0.3) is 0 Å². The van der Waals surface area contributed by atoms with Gasteiger partial charge in [0.05, 0.1) is 0 Å². The first-order chi connectivity index (χ1) is 9.61. The molecule has 1 N–H and O–H groups in total. The molecule has 0 saturated carbocycles. The van der Waals surface area contributed by atoms with E-state index in [2.05, 4.69) is 66.3 Å². The lowest BCUT2D eigenvalue weighted by atomic mass is 9.96. The molecular weight excluding hydrogens is 314 g/mol. The zero-order valence-electron chi connectivity index (χ0n) is 13.0. The molecule has 0 spiro atoms. The van der Waals surface area contributed by atoms with E-state index < -0.39 is 0 Å². The normalized spacial score (nSPS) is 12.8. The number of halogens is 1. The third kappa shape index (κ3) is 8.03. The second kappa shape index (κ2) is 10.4. The van der Waals surface area contributed by atoms with E-state index >= 15 is 0 Å². The van der Waals surface area contributed by atoms with Gasteiger partial charge in [0, 0.05) is 17.7 Å². The van der Waals surface area contributed by atoms with Crippen LogP contribution in [-0.2, 0) is 11.2 Å². The summed E-state index contributed by atoms with van der Waals surface area (Å²) in [6.07, 6.45) is 2.24. The van der Waals surface area contributed by atoms with Crippen LogP contribution in [-0.4, -0.2) is 26.3 Å². The first-order valence-electron chi connectivity index (χ1n) is 7.64. The Balaban J connectivity index is 2.45. The highest BCUT2D eigenvalue weighted by atomic mass is 79.9. The fourth-order valence-electron chi connectivity index (χ4n) is 2.20. The van der Waals surface area contributed by atoms with E-state index in [9.17, 15) is 0 Å². The molecule has 114 valence electrons. The molecule has 0 radical (unpaired) electrons. The first kappa shape index (κ1) is 17.7. The van der Waals surface area contributed by atoms with Crippen LogP contribution in [0.25, 0.3) is 0 Å². The SMILES string of the molecule is CCOCCC(CNCC(C)C)Cc1ccc(Br)cc1. The third-order valence-corrected chi connectivity index (χ3v) is 3.83. The highest BCUT2D eigenvalue weighted by Gasteiger charge is 2.10. The number of hydrogen-bond acceptors (Lipinski definition) is 2. The predicted octanol–water partition coefficient (Wildman–Crippen LogP) is 4.28. The fourth-order valence-corrected chi connectivity index (χ4v) is 2.46. The van der Waals surface area contributed by atoms with E-state index in [1.54, 1.807) is 0 Å². The summed E-state index contributed by atoms with van der Waals surface area (Å²) < 4.78 is 6.66. The molecule has 0 aliphatic carbocycles. The Labute approximate surface area is 132 Å². The molecular formula is C17H28BrNO. The molecule has 1 unspecified atom stereocenters. The van der Waals surface area contributed by atoms with Gasteiger partial charge in [0.1, 0.15) is 0 Å². The molecule has 2 nitrogen and oxygen atoms in total. The summed E-state index contributed by atoms with van der Waals surface area (Å²) in [6, 6.07) is 8.66. The maximum atomic E-state index is 5.51. The van der Waals surface area contributed by atoms with Gasteiger partial charge in [-0.3, -0.25) is 0 Å². The molecule has 0 fully saturated rings.